The van der Waals surface area contributed by atoms with Crippen LogP contribution in [0.4, 0.5) is 5.13 Å². The predicted molar refractivity (Wildman–Crippen MR) is 103 cm³/mol. The smallest absolute Gasteiger partial charge is 0.264 e. The quantitative estimate of drug-likeness (QED) is 0.699. The number of benzene rings is 1. The average Bonchev–Trinajstić information content (AvgIpc) is 3.32. The number of hydrogen-bond acceptors (Lipinski definition) is 6. The Balaban J connectivity index is 1.48. The summed E-state index contributed by atoms with van der Waals surface area (Å²) in [6.45, 7) is 5.68. The molecule has 1 aliphatic heterocycles. The van der Waals surface area contributed by atoms with E-state index in [1.54, 1.807) is 11.3 Å². The van der Waals surface area contributed by atoms with Gasteiger partial charge in [0.1, 0.15) is 11.3 Å². The fourth-order valence-electron chi connectivity index (χ4n) is 2.98. The molecule has 0 aliphatic carbocycles. The molecule has 0 unspecified atom stereocenters. The number of carbonyl (C=O) groups excluding carboxylic acids is 1. The number of rotatable bonds is 4. The maximum atomic E-state index is 12.4. The number of ether oxygens (including phenoxy) is 1. The number of hydrogen-bond donors (Lipinski definition) is 0. The molecule has 25 heavy (non-hydrogen) atoms. The summed E-state index contributed by atoms with van der Waals surface area (Å²) < 4.78 is 6.82. The van der Waals surface area contributed by atoms with E-state index < -0.39 is 0 Å². The van der Waals surface area contributed by atoms with Gasteiger partial charge in [0.05, 0.1) is 16.2 Å². The molecule has 7 heteroatoms. The first-order valence-electron chi connectivity index (χ1n) is 8.36. The lowest BCUT2D eigenvalue weighted by molar-refractivity contribution is 0.0751. The lowest BCUT2D eigenvalue weighted by Gasteiger charge is -2.34. The van der Waals surface area contributed by atoms with Crippen LogP contribution in [0.3, 0.4) is 0 Å². The molecular weight excluding hydrogens is 354 g/mol. The monoisotopic (exact) mass is 373 g/mol. The lowest BCUT2D eigenvalue weighted by Crippen LogP contribution is -2.48. The van der Waals surface area contributed by atoms with Crippen molar-refractivity contribution in [1.29, 1.82) is 0 Å². The third-order valence-electron chi connectivity index (χ3n) is 4.24. The number of piperazine rings is 1. The van der Waals surface area contributed by atoms with Crippen LogP contribution in [0.15, 0.2) is 35.7 Å². The molecule has 130 valence electrons. The van der Waals surface area contributed by atoms with Crippen molar-refractivity contribution in [2.75, 3.05) is 37.7 Å². The van der Waals surface area contributed by atoms with Gasteiger partial charge in [0, 0.05) is 26.2 Å². The molecule has 0 atom stereocenters. The molecule has 3 heterocycles. The van der Waals surface area contributed by atoms with Crippen LogP contribution in [0.25, 0.3) is 10.2 Å². The molecule has 4 rings (SSSR count). The number of aromatic nitrogens is 1. The molecule has 1 amide bonds. The van der Waals surface area contributed by atoms with Crippen LogP contribution >= 0.6 is 22.7 Å². The van der Waals surface area contributed by atoms with E-state index in [9.17, 15) is 4.79 Å². The number of thiazole rings is 1. The third kappa shape index (κ3) is 3.21. The zero-order chi connectivity index (χ0) is 17.2. The van der Waals surface area contributed by atoms with Crippen molar-refractivity contribution in [3.8, 4) is 5.75 Å². The second-order valence-corrected chi connectivity index (χ2v) is 7.75. The minimum Gasteiger partial charge on any atom is -0.492 e. The van der Waals surface area contributed by atoms with Crippen LogP contribution in [0.5, 0.6) is 5.75 Å². The average molecular weight is 374 g/mol. The molecule has 1 aromatic carbocycles. The summed E-state index contributed by atoms with van der Waals surface area (Å²) in [5, 5.41) is 2.95. The number of nitrogens with zero attached hydrogens (tertiary/aromatic N) is 3. The van der Waals surface area contributed by atoms with Gasteiger partial charge in [-0.2, -0.15) is 0 Å². The largest absolute Gasteiger partial charge is 0.492 e. The Morgan fingerprint density at radius 1 is 1.20 bits per heavy atom. The van der Waals surface area contributed by atoms with Gasteiger partial charge in [-0.15, -0.1) is 11.3 Å². The van der Waals surface area contributed by atoms with Crippen molar-refractivity contribution in [3.05, 3.63) is 40.6 Å². The Hall–Kier alpha value is -2.12. The molecule has 0 bridgehead atoms. The fraction of sp³-hybridized carbons (Fsp3) is 0.333. The van der Waals surface area contributed by atoms with Crippen LogP contribution in [0.1, 0.15) is 16.6 Å². The molecule has 3 aromatic rings. The van der Waals surface area contributed by atoms with Gasteiger partial charge in [-0.1, -0.05) is 23.5 Å². The van der Waals surface area contributed by atoms with Crippen molar-refractivity contribution in [2.24, 2.45) is 0 Å². The summed E-state index contributed by atoms with van der Waals surface area (Å²) in [6, 6.07) is 9.86. The number of thiophene rings is 1. The zero-order valence-electron chi connectivity index (χ0n) is 14.0. The first-order valence-corrected chi connectivity index (χ1v) is 10.1. The Bertz CT molecular complexity index is 868. The predicted octanol–water partition coefficient (Wildman–Crippen LogP) is 3.72. The zero-order valence-corrected chi connectivity index (χ0v) is 15.6. The molecule has 0 saturated carbocycles. The summed E-state index contributed by atoms with van der Waals surface area (Å²) in [6.07, 6.45) is 0. The van der Waals surface area contributed by atoms with Crippen LogP contribution in [0.2, 0.25) is 0 Å². The summed E-state index contributed by atoms with van der Waals surface area (Å²) in [7, 11) is 0. The number of anilines is 1. The minimum atomic E-state index is 0.137. The fourth-order valence-corrected chi connectivity index (χ4v) is 4.70. The topological polar surface area (TPSA) is 45.7 Å². The maximum absolute atomic E-state index is 12.4. The summed E-state index contributed by atoms with van der Waals surface area (Å²) in [5.41, 5.74) is 0.932. The normalized spacial score (nSPS) is 14.9. The van der Waals surface area contributed by atoms with Crippen LogP contribution in [-0.2, 0) is 0 Å². The number of para-hydroxylation sites is 1. The SMILES string of the molecule is CCOc1cccc2sc(N3CCN(C(=O)c4cccs4)CC3)nc12. The maximum Gasteiger partial charge on any atom is 0.264 e. The van der Waals surface area contributed by atoms with Gasteiger partial charge in [0.25, 0.3) is 5.91 Å². The van der Waals surface area contributed by atoms with E-state index in [0.29, 0.717) is 6.61 Å². The summed E-state index contributed by atoms with van der Waals surface area (Å²) >= 11 is 3.19. The van der Waals surface area contributed by atoms with Gasteiger partial charge in [0.15, 0.2) is 5.13 Å². The molecule has 1 aliphatic rings. The van der Waals surface area contributed by atoms with Gasteiger partial charge < -0.3 is 14.5 Å². The molecule has 0 spiro atoms. The van der Waals surface area contributed by atoms with Gasteiger partial charge >= 0.3 is 0 Å². The third-order valence-corrected chi connectivity index (χ3v) is 6.18. The summed E-state index contributed by atoms with van der Waals surface area (Å²) in [5.74, 6) is 0.978. The molecule has 0 radical (unpaired) electrons. The van der Waals surface area contributed by atoms with Crippen LogP contribution in [-0.4, -0.2) is 48.6 Å². The first kappa shape index (κ1) is 16.4. The molecule has 1 saturated heterocycles. The standard InChI is InChI=1S/C18H19N3O2S2/c1-2-23-13-5-3-6-14-16(13)19-18(25-14)21-10-8-20(9-11-21)17(22)15-7-4-12-24-15/h3-7,12H,2,8-11H2,1H3. The van der Waals surface area contributed by atoms with Gasteiger partial charge in [-0.3, -0.25) is 4.79 Å². The Morgan fingerprint density at radius 3 is 2.76 bits per heavy atom. The first-order chi connectivity index (χ1) is 12.3. The van der Waals surface area contributed by atoms with Gasteiger partial charge in [0.2, 0.25) is 0 Å². The summed E-state index contributed by atoms with van der Waals surface area (Å²) in [4.78, 5) is 22.3. The molecule has 0 N–H and O–H groups in total. The van der Waals surface area contributed by atoms with Crippen molar-refractivity contribution < 1.29 is 9.53 Å². The minimum absolute atomic E-state index is 0.137. The second-order valence-electron chi connectivity index (χ2n) is 5.79. The van der Waals surface area contributed by atoms with Gasteiger partial charge in [-0.05, 0) is 30.5 Å². The van der Waals surface area contributed by atoms with E-state index in [-0.39, 0.29) is 5.91 Å². The van der Waals surface area contributed by atoms with E-state index in [4.69, 9.17) is 9.72 Å². The lowest BCUT2D eigenvalue weighted by atomic mass is 10.3. The molecule has 1 fully saturated rings. The van der Waals surface area contributed by atoms with Crippen molar-refractivity contribution in [3.63, 3.8) is 0 Å². The van der Waals surface area contributed by atoms with E-state index in [1.807, 2.05) is 41.5 Å². The highest BCUT2D eigenvalue weighted by Crippen LogP contribution is 2.34. The highest BCUT2D eigenvalue weighted by molar-refractivity contribution is 7.22. The van der Waals surface area contributed by atoms with Gasteiger partial charge in [-0.25, -0.2) is 4.98 Å². The van der Waals surface area contributed by atoms with E-state index in [1.165, 1.54) is 11.3 Å². The van der Waals surface area contributed by atoms with Crippen molar-refractivity contribution in [1.82, 2.24) is 9.88 Å². The van der Waals surface area contributed by atoms with E-state index in [0.717, 1.165) is 52.2 Å². The van der Waals surface area contributed by atoms with E-state index >= 15 is 0 Å². The van der Waals surface area contributed by atoms with E-state index in [2.05, 4.69) is 11.0 Å². The molecular formula is C18H19N3O2S2. The molecule has 2 aromatic heterocycles. The molecule has 5 nitrogen and oxygen atoms in total. The van der Waals surface area contributed by atoms with Crippen LogP contribution in [0, 0.1) is 0 Å². The number of fused-ring (bicyclic) bond motifs is 1. The Labute approximate surface area is 154 Å². The number of amides is 1. The highest BCUT2D eigenvalue weighted by Gasteiger charge is 2.24. The van der Waals surface area contributed by atoms with Crippen molar-refractivity contribution >= 4 is 43.9 Å². The second kappa shape index (κ2) is 7.01. The Kier molecular flexibility index (Phi) is 4.59. The highest BCUT2D eigenvalue weighted by atomic mass is 32.1. The number of carbonyl (C=O) groups is 1. The van der Waals surface area contributed by atoms with Crippen molar-refractivity contribution in [2.45, 2.75) is 6.92 Å². The Morgan fingerprint density at radius 2 is 2.04 bits per heavy atom. The van der Waals surface area contributed by atoms with Crippen LogP contribution < -0.4 is 9.64 Å².